The maximum Gasteiger partial charge on any atom is 0.231 e. The van der Waals surface area contributed by atoms with Crippen molar-refractivity contribution < 1.29 is 9.47 Å². The number of fused-ring (bicyclic) bond motifs is 4. The zero-order chi connectivity index (χ0) is 20.6. The molecule has 3 aromatic heterocycles. The minimum Gasteiger partial charge on any atom is -0.454 e. The number of thiophene rings is 1. The second-order valence-corrected chi connectivity index (χ2v) is 8.83. The van der Waals surface area contributed by atoms with Gasteiger partial charge in [0.1, 0.15) is 16.3 Å². The van der Waals surface area contributed by atoms with Gasteiger partial charge in [0, 0.05) is 23.8 Å². The minimum absolute atomic E-state index is 0.296. The fourth-order valence-electron chi connectivity index (χ4n) is 4.24. The largest absolute Gasteiger partial charge is 0.454 e. The second-order valence-electron chi connectivity index (χ2n) is 7.74. The highest BCUT2D eigenvalue weighted by molar-refractivity contribution is 7.19. The van der Waals surface area contributed by atoms with Crippen molar-refractivity contribution in [2.45, 2.75) is 32.1 Å². The summed E-state index contributed by atoms with van der Waals surface area (Å²) in [6.45, 7) is 1.06. The first-order chi connectivity index (χ1) is 15.3. The molecule has 1 N–H and O–H groups in total. The zero-order valence-electron chi connectivity index (χ0n) is 16.9. The first-order valence-corrected chi connectivity index (χ1v) is 11.4. The molecule has 0 radical (unpaired) electrons. The van der Waals surface area contributed by atoms with Gasteiger partial charge in [-0.05, 0) is 55.4 Å². The molecule has 31 heavy (non-hydrogen) atoms. The lowest BCUT2D eigenvalue weighted by molar-refractivity contribution is 0.174. The smallest absolute Gasteiger partial charge is 0.231 e. The molecule has 6 rings (SSSR count). The van der Waals surface area contributed by atoms with Crippen LogP contribution in [-0.2, 0) is 19.3 Å². The lowest BCUT2D eigenvalue weighted by Gasteiger charge is -2.13. The molecule has 4 aromatic rings. The predicted octanol–water partition coefficient (Wildman–Crippen LogP) is 4.41. The Balaban J connectivity index is 1.33. The fourth-order valence-corrected chi connectivity index (χ4v) is 5.50. The molecule has 0 unspecified atom stereocenters. The lowest BCUT2D eigenvalue weighted by Crippen LogP contribution is -2.09. The summed E-state index contributed by atoms with van der Waals surface area (Å²) in [6.07, 6.45) is 10.6. The number of hydrogen-bond donors (Lipinski definition) is 1. The van der Waals surface area contributed by atoms with Crippen molar-refractivity contribution in [1.29, 1.82) is 0 Å². The second kappa shape index (κ2) is 7.77. The predicted molar refractivity (Wildman–Crippen MR) is 120 cm³/mol. The van der Waals surface area contributed by atoms with Crippen LogP contribution < -0.4 is 14.8 Å². The number of anilines is 1. The number of rotatable bonds is 5. The van der Waals surface area contributed by atoms with Gasteiger partial charge < -0.3 is 14.8 Å². The van der Waals surface area contributed by atoms with Crippen LogP contribution in [0.4, 0.5) is 5.82 Å². The lowest BCUT2D eigenvalue weighted by atomic mass is 9.97. The third kappa shape index (κ3) is 3.46. The van der Waals surface area contributed by atoms with Crippen molar-refractivity contribution in [3.63, 3.8) is 0 Å². The Kier molecular flexibility index (Phi) is 4.64. The third-order valence-corrected chi connectivity index (χ3v) is 6.94. The number of ether oxygens (including phenoxy) is 2. The van der Waals surface area contributed by atoms with Crippen LogP contribution in [0.2, 0.25) is 0 Å². The van der Waals surface area contributed by atoms with Gasteiger partial charge in [-0.2, -0.15) is 0 Å². The van der Waals surface area contributed by atoms with Gasteiger partial charge in [-0.1, -0.05) is 6.07 Å². The molecule has 0 fully saturated rings. The van der Waals surface area contributed by atoms with Crippen LogP contribution in [0.1, 0.15) is 28.8 Å². The van der Waals surface area contributed by atoms with Crippen molar-refractivity contribution in [2.24, 2.45) is 0 Å². The van der Waals surface area contributed by atoms with E-state index in [0.717, 1.165) is 48.0 Å². The molecule has 4 heterocycles. The van der Waals surface area contributed by atoms with Gasteiger partial charge >= 0.3 is 0 Å². The molecule has 0 bridgehead atoms. The molecular weight excluding hydrogens is 410 g/mol. The van der Waals surface area contributed by atoms with E-state index in [0.29, 0.717) is 18.3 Å². The van der Waals surface area contributed by atoms with E-state index in [9.17, 15) is 0 Å². The average molecular weight is 432 g/mol. The Morgan fingerprint density at radius 1 is 1.03 bits per heavy atom. The molecule has 7 nitrogen and oxygen atoms in total. The molecule has 1 aromatic carbocycles. The number of nitrogens with one attached hydrogen (secondary N) is 1. The van der Waals surface area contributed by atoms with Crippen LogP contribution in [0.3, 0.4) is 0 Å². The van der Waals surface area contributed by atoms with Gasteiger partial charge in [0.2, 0.25) is 6.79 Å². The Bertz CT molecular complexity index is 1260. The van der Waals surface area contributed by atoms with E-state index < -0.39 is 0 Å². The molecule has 1 aliphatic heterocycles. The van der Waals surface area contributed by atoms with Gasteiger partial charge in [-0.3, -0.25) is 4.98 Å². The monoisotopic (exact) mass is 431 g/mol. The summed E-state index contributed by atoms with van der Waals surface area (Å²) in [5.41, 5.74) is 3.31. The molecular formula is C23H21N5O2S. The summed E-state index contributed by atoms with van der Waals surface area (Å²) in [7, 11) is 0. The average Bonchev–Trinajstić information content (AvgIpc) is 3.43. The molecule has 0 amide bonds. The van der Waals surface area contributed by atoms with Gasteiger partial charge in [-0.15, -0.1) is 11.3 Å². The third-order valence-electron chi connectivity index (χ3n) is 5.75. The molecule has 2 aliphatic rings. The van der Waals surface area contributed by atoms with Crippen molar-refractivity contribution >= 4 is 27.4 Å². The Morgan fingerprint density at radius 3 is 2.90 bits per heavy atom. The summed E-state index contributed by atoms with van der Waals surface area (Å²) in [6, 6.07) is 6.11. The van der Waals surface area contributed by atoms with E-state index in [-0.39, 0.29) is 0 Å². The van der Waals surface area contributed by atoms with Gasteiger partial charge in [0.25, 0.3) is 0 Å². The molecule has 0 spiro atoms. The Hall–Kier alpha value is -3.26. The van der Waals surface area contributed by atoms with Crippen LogP contribution in [0.5, 0.6) is 11.5 Å². The maximum absolute atomic E-state index is 5.50. The first-order valence-electron chi connectivity index (χ1n) is 10.6. The SMILES string of the molecule is c1cnc(-c2nc(NCCc3ccc4c(c3)OCO4)c3c4c(sc3n2)CCCC4)cn1. The topological polar surface area (TPSA) is 82.1 Å². The number of nitrogens with zero attached hydrogens (tertiary/aromatic N) is 4. The van der Waals surface area contributed by atoms with E-state index in [1.54, 1.807) is 29.9 Å². The molecule has 0 saturated heterocycles. The van der Waals surface area contributed by atoms with Crippen LogP contribution in [-0.4, -0.2) is 33.3 Å². The molecule has 0 atom stereocenters. The number of aromatic nitrogens is 4. The normalized spacial score (nSPS) is 14.6. The summed E-state index contributed by atoms with van der Waals surface area (Å²) in [5, 5.41) is 4.76. The quantitative estimate of drug-likeness (QED) is 0.501. The number of aryl methyl sites for hydroxylation is 2. The van der Waals surface area contributed by atoms with Crippen LogP contribution >= 0.6 is 11.3 Å². The highest BCUT2D eigenvalue weighted by atomic mass is 32.1. The van der Waals surface area contributed by atoms with Crippen LogP contribution in [0, 0.1) is 0 Å². The summed E-state index contributed by atoms with van der Waals surface area (Å²) < 4.78 is 10.9. The van der Waals surface area contributed by atoms with E-state index in [1.807, 2.05) is 6.07 Å². The van der Waals surface area contributed by atoms with Gasteiger partial charge in [-0.25, -0.2) is 15.0 Å². The number of hydrogen-bond acceptors (Lipinski definition) is 8. The van der Waals surface area contributed by atoms with Crippen molar-refractivity contribution in [3.05, 3.63) is 52.8 Å². The van der Waals surface area contributed by atoms with Crippen molar-refractivity contribution in [3.8, 4) is 23.0 Å². The van der Waals surface area contributed by atoms with Crippen molar-refractivity contribution in [1.82, 2.24) is 19.9 Å². The minimum atomic E-state index is 0.296. The van der Waals surface area contributed by atoms with Crippen molar-refractivity contribution in [2.75, 3.05) is 18.7 Å². The van der Waals surface area contributed by atoms with Gasteiger partial charge in [0.05, 0.1) is 11.6 Å². The van der Waals surface area contributed by atoms with Gasteiger partial charge in [0.15, 0.2) is 17.3 Å². The van der Waals surface area contributed by atoms with E-state index in [4.69, 9.17) is 19.4 Å². The molecule has 0 saturated carbocycles. The first kappa shape index (κ1) is 18.5. The highest BCUT2D eigenvalue weighted by Gasteiger charge is 2.22. The molecule has 156 valence electrons. The van der Waals surface area contributed by atoms with E-state index >= 15 is 0 Å². The summed E-state index contributed by atoms with van der Waals surface area (Å²) in [4.78, 5) is 20.8. The van der Waals surface area contributed by atoms with Crippen LogP contribution in [0.25, 0.3) is 21.7 Å². The number of benzene rings is 1. The van der Waals surface area contributed by atoms with E-state index in [2.05, 4.69) is 27.4 Å². The summed E-state index contributed by atoms with van der Waals surface area (Å²) >= 11 is 1.80. The zero-order valence-corrected chi connectivity index (χ0v) is 17.7. The Labute approximate surface area is 183 Å². The van der Waals surface area contributed by atoms with Crippen LogP contribution in [0.15, 0.2) is 36.8 Å². The highest BCUT2D eigenvalue weighted by Crippen LogP contribution is 2.39. The summed E-state index contributed by atoms with van der Waals surface area (Å²) in [5.74, 6) is 3.14. The van der Waals surface area contributed by atoms with E-state index in [1.165, 1.54) is 34.2 Å². The molecule has 8 heteroatoms. The standard InChI is InChI=1S/C23H21N5O2S/c1-2-4-19-15(3-1)20-22(26-8-7-14-5-6-17-18(11-14)30-13-29-17)27-21(28-23(20)31-19)16-12-24-9-10-25-16/h5-6,9-12H,1-4,7-8,13H2,(H,26,27,28). The fraction of sp³-hybridized carbons (Fsp3) is 0.304. The Morgan fingerprint density at radius 2 is 1.97 bits per heavy atom. The maximum atomic E-state index is 5.50. The molecule has 1 aliphatic carbocycles.